The van der Waals surface area contributed by atoms with E-state index < -0.39 is 12.0 Å². The highest BCUT2D eigenvalue weighted by Gasteiger charge is 2.28. The van der Waals surface area contributed by atoms with Crippen molar-refractivity contribution in [3.63, 3.8) is 0 Å². The summed E-state index contributed by atoms with van der Waals surface area (Å²) in [4.78, 5) is 25.1. The predicted molar refractivity (Wildman–Crippen MR) is 76.9 cm³/mol. The summed E-state index contributed by atoms with van der Waals surface area (Å²) in [6, 6.07) is 4.37. The van der Waals surface area contributed by atoms with Crippen molar-refractivity contribution in [3.8, 4) is 0 Å². The SMILES string of the molecule is CC(C)[C@@H](N)C(=O)N1CCCc2cc(C(=O)O)ccc21. The zero-order chi connectivity index (χ0) is 14.9. The Labute approximate surface area is 118 Å². The number of aromatic carboxylic acids is 1. The first-order valence-electron chi connectivity index (χ1n) is 6.85. The quantitative estimate of drug-likeness (QED) is 0.879. The minimum atomic E-state index is -0.949. The average molecular weight is 276 g/mol. The number of benzene rings is 1. The molecule has 0 saturated heterocycles. The summed E-state index contributed by atoms with van der Waals surface area (Å²) in [5.41, 5.74) is 7.89. The van der Waals surface area contributed by atoms with Gasteiger partial charge in [0.15, 0.2) is 0 Å². The maximum absolute atomic E-state index is 12.4. The predicted octanol–water partition coefficient (Wildman–Crippen LogP) is 1.65. The first-order valence-corrected chi connectivity index (χ1v) is 6.85. The van der Waals surface area contributed by atoms with Gasteiger partial charge in [0.1, 0.15) is 0 Å². The molecule has 1 aliphatic heterocycles. The lowest BCUT2D eigenvalue weighted by Gasteiger charge is -2.32. The van der Waals surface area contributed by atoms with Gasteiger partial charge in [-0.1, -0.05) is 13.8 Å². The van der Waals surface area contributed by atoms with E-state index >= 15 is 0 Å². The third-order valence-corrected chi connectivity index (χ3v) is 3.71. The molecule has 0 aromatic heterocycles. The number of carbonyl (C=O) groups is 2. The van der Waals surface area contributed by atoms with E-state index in [1.165, 1.54) is 6.07 Å². The average Bonchev–Trinajstić information content (AvgIpc) is 2.44. The number of hydrogen-bond acceptors (Lipinski definition) is 3. The number of aryl methyl sites for hydroxylation is 1. The van der Waals surface area contributed by atoms with E-state index in [0.717, 1.165) is 24.1 Å². The fourth-order valence-corrected chi connectivity index (χ4v) is 2.42. The highest BCUT2D eigenvalue weighted by Crippen LogP contribution is 2.29. The molecule has 0 unspecified atom stereocenters. The Balaban J connectivity index is 2.33. The van der Waals surface area contributed by atoms with E-state index in [1.54, 1.807) is 17.0 Å². The molecule has 1 atom stereocenters. The van der Waals surface area contributed by atoms with Gasteiger partial charge >= 0.3 is 5.97 Å². The van der Waals surface area contributed by atoms with Crippen LogP contribution in [0.15, 0.2) is 18.2 Å². The molecule has 2 rings (SSSR count). The maximum atomic E-state index is 12.4. The third kappa shape index (κ3) is 2.67. The standard InChI is InChI=1S/C15H20N2O3/c1-9(2)13(16)14(18)17-7-3-4-10-8-11(15(19)20)5-6-12(10)17/h5-6,8-9,13H,3-4,7,16H2,1-2H3,(H,19,20)/t13-/m1/s1. The van der Waals surface area contributed by atoms with Gasteiger partial charge in [-0.15, -0.1) is 0 Å². The van der Waals surface area contributed by atoms with Gasteiger partial charge in [-0.3, -0.25) is 4.79 Å². The van der Waals surface area contributed by atoms with Gasteiger partial charge in [-0.25, -0.2) is 4.79 Å². The molecule has 0 bridgehead atoms. The Bertz CT molecular complexity index is 540. The van der Waals surface area contributed by atoms with Gasteiger partial charge in [0, 0.05) is 12.2 Å². The molecule has 0 radical (unpaired) electrons. The zero-order valence-electron chi connectivity index (χ0n) is 11.8. The fraction of sp³-hybridized carbons (Fsp3) is 0.467. The maximum Gasteiger partial charge on any atom is 0.335 e. The van der Waals surface area contributed by atoms with Crippen LogP contribution in [0.25, 0.3) is 0 Å². The van der Waals surface area contributed by atoms with Crippen LogP contribution in [0.4, 0.5) is 5.69 Å². The molecule has 0 fully saturated rings. The summed E-state index contributed by atoms with van der Waals surface area (Å²) in [6.45, 7) is 4.47. The minimum absolute atomic E-state index is 0.0752. The number of amides is 1. The van der Waals surface area contributed by atoms with Gasteiger partial charge in [0.05, 0.1) is 11.6 Å². The molecule has 5 heteroatoms. The second kappa shape index (κ2) is 5.63. The Morgan fingerprint density at radius 3 is 2.65 bits per heavy atom. The number of carboxylic acids is 1. The highest BCUT2D eigenvalue weighted by molar-refractivity contribution is 5.99. The highest BCUT2D eigenvalue weighted by atomic mass is 16.4. The first kappa shape index (κ1) is 14.5. The second-order valence-corrected chi connectivity index (χ2v) is 5.51. The molecule has 1 heterocycles. The van der Waals surface area contributed by atoms with Gasteiger partial charge in [-0.05, 0) is 42.5 Å². The van der Waals surface area contributed by atoms with Crippen molar-refractivity contribution in [2.75, 3.05) is 11.4 Å². The summed E-state index contributed by atoms with van der Waals surface area (Å²) in [6.07, 6.45) is 1.61. The number of carbonyl (C=O) groups excluding carboxylic acids is 1. The van der Waals surface area contributed by atoms with Crippen molar-refractivity contribution < 1.29 is 14.7 Å². The largest absolute Gasteiger partial charge is 0.478 e. The molecule has 1 aromatic rings. The Kier molecular flexibility index (Phi) is 4.09. The van der Waals surface area contributed by atoms with Crippen LogP contribution < -0.4 is 10.6 Å². The smallest absolute Gasteiger partial charge is 0.335 e. The van der Waals surface area contributed by atoms with Crippen LogP contribution in [-0.4, -0.2) is 29.6 Å². The first-order chi connectivity index (χ1) is 9.41. The van der Waals surface area contributed by atoms with E-state index in [4.69, 9.17) is 10.8 Å². The number of fused-ring (bicyclic) bond motifs is 1. The molecule has 1 aliphatic rings. The fourth-order valence-electron chi connectivity index (χ4n) is 2.42. The number of nitrogens with zero attached hydrogens (tertiary/aromatic N) is 1. The van der Waals surface area contributed by atoms with Gasteiger partial charge in [0.2, 0.25) is 5.91 Å². The molecule has 0 saturated carbocycles. The van der Waals surface area contributed by atoms with Crippen molar-refractivity contribution in [2.45, 2.75) is 32.7 Å². The van der Waals surface area contributed by atoms with Crippen molar-refractivity contribution in [2.24, 2.45) is 11.7 Å². The van der Waals surface area contributed by atoms with E-state index in [9.17, 15) is 9.59 Å². The summed E-state index contributed by atoms with van der Waals surface area (Å²) < 4.78 is 0. The van der Waals surface area contributed by atoms with E-state index in [2.05, 4.69) is 0 Å². The summed E-state index contributed by atoms with van der Waals surface area (Å²) in [7, 11) is 0. The lowest BCUT2D eigenvalue weighted by Crippen LogP contribution is -2.48. The van der Waals surface area contributed by atoms with Crippen LogP contribution in [0.3, 0.4) is 0 Å². The number of nitrogens with two attached hydrogens (primary N) is 1. The third-order valence-electron chi connectivity index (χ3n) is 3.71. The monoisotopic (exact) mass is 276 g/mol. The van der Waals surface area contributed by atoms with E-state index in [1.807, 2.05) is 13.8 Å². The molecule has 1 aromatic carbocycles. The Morgan fingerprint density at radius 1 is 1.35 bits per heavy atom. The Morgan fingerprint density at radius 2 is 2.05 bits per heavy atom. The molecule has 1 amide bonds. The van der Waals surface area contributed by atoms with Crippen molar-refractivity contribution >= 4 is 17.6 Å². The molecule has 5 nitrogen and oxygen atoms in total. The van der Waals surface area contributed by atoms with Crippen LogP contribution in [0.2, 0.25) is 0 Å². The molecule has 3 N–H and O–H groups in total. The normalized spacial score (nSPS) is 15.9. The topological polar surface area (TPSA) is 83.6 Å². The molecular weight excluding hydrogens is 256 g/mol. The summed E-state index contributed by atoms with van der Waals surface area (Å²) >= 11 is 0. The van der Waals surface area contributed by atoms with Crippen LogP contribution in [-0.2, 0) is 11.2 Å². The van der Waals surface area contributed by atoms with E-state index in [-0.39, 0.29) is 17.4 Å². The molecule has 0 aliphatic carbocycles. The van der Waals surface area contributed by atoms with Gasteiger partial charge < -0.3 is 15.7 Å². The number of anilines is 1. The van der Waals surface area contributed by atoms with Crippen LogP contribution >= 0.6 is 0 Å². The van der Waals surface area contributed by atoms with Gasteiger partial charge in [-0.2, -0.15) is 0 Å². The number of rotatable bonds is 3. The van der Waals surface area contributed by atoms with Crippen LogP contribution in [0, 0.1) is 5.92 Å². The minimum Gasteiger partial charge on any atom is -0.478 e. The molecule has 0 spiro atoms. The molecule has 20 heavy (non-hydrogen) atoms. The summed E-state index contributed by atoms with van der Waals surface area (Å²) in [5.74, 6) is -0.967. The lowest BCUT2D eigenvalue weighted by molar-refractivity contribution is -0.120. The molecular formula is C15H20N2O3. The summed E-state index contributed by atoms with van der Waals surface area (Å²) in [5, 5.41) is 9.02. The molecule has 108 valence electrons. The van der Waals surface area contributed by atoms with Crippen molar-refractivity contribution in [1.82, 2.24) is 0 Å². The number of carboxylic acid groups (broad SMARTS) is 1. The van der Waals surface area contributed by atoms with Crippen LogP contribution in [0.5, 0.6) is 0 Å². The van der Waals surface area contributed by atoms with E-state index in [0.29, 0.717) is 6.54 Å². The Hall–Kier alpha value is -1.88. The van der Waals surface area contributed by atoms with Crippen molar-refractivity contribution in [3.05, 3.63) is 29.3 Å². The van der Waals surface area contributed by atoms with Gasteiger partial charge in [0.25, 0.3) is 0 Å². The lowest BCUT2D eigenvalue weighted by atomic mass is 9.97. The van der Waals surface area contributed by atoms with Crippen LogP contribution in [0.1, 0.15) is 36.2 Å². The second-order valence-electron chi connectivity index (χ2n) is 5.51. The number of hydrogen-bond donors (Lipinski definition) is 2. The van der Waals surface area contributed by atoms with Crippen molar-refractivity contribution in [1.29, 1.82) is 0 Å². The zero-order valence-corrected chi connectivity index (χ0v) is 11.8.